The lowest BCUT2D eigenvalue weighted by atomic mass is 10.3. The highest BCUT2D eigenvalue weighted by atomic mass is 79.9. The fourth-order valence-corrected chi connectivity index (χ4v) is 1.11. The molecule has 0 saturated carbocycles. The number of hydrogen-bond acceptors (Lipinski definition) is 1. The maximum Gasteiger partial charge on any atom is 0.141 e. The summed E-state index contributed by atoms with van der Waals surface area (Å²) in [6.07, 6.45) is 1.04. The number of benzene rings is 1. The van der Waals surface area contributed by atoms with E-state index in [1.54, 1.807) is 12.1 Å². The third-order valence-corrected chi connectivity index (χ3v) is 2.45. The molecule has 0 saturated heterocycles. The van der Waals surface area contributed by atoms with E-state index in [0.717, 1.165) is 6.42 Å². The number of halogens is 2. The molecule has 1 aromatic rings. The summed E-state index contributed by atoms with van der Waals surface area (Å²) < 4.78 is 18.9. The van der Waals surface area contributed by atoms with Gasteiger partial charge in [0.1, 0.15) is 11.6 Å². The van der Waals surface area contributed by atoms with E-state index >= 15 is 0 Å². The van der Waals surface area contributed by atoms with Crippen LogP contribution in [0.3, 0.4) is 0 Å². The van der Waals surface area contributed by atoms with Crippen molar-refractivity contribution in [2.75, 3.05) is 0 Å². The quantitative estimate of drug-likeness (QED) is 0.790. The molecule has 0 amide bonds. The third kappa shape index (κ3) is 2.99. The van der Waals surface area contributed by atoms with Gasteiger partial charge in [0.25, 0.3) is 0 Å². The Morgan fingerprint density at radius 1 is 1.54 bits per heavy atom. The van der Waals surface area contributed by atoms with Crippen LogP contribution in [-0.2, 0) is 0 Å². The monoisotopic (exact) mass is 246 g/mol. The second-order valence-electron chi connectivity index (χ2n) is 2.91. The molecule has 0 fully saturated rings. The second kappa shape index (κ2) is 4.61. The van der Waals surface area contributed by atoms with Gasteiger partial charge in [0.2, 0.25) is 0 Å². The van der Waals surface area contributed by atoms with E-state index in [1.807, 2.05) is 13.8 Å². The molecule has 1 aromatic carbocycles. The Hall–Kier alpha value is -0.570. The third-order valence-electron chi connectivity index (χ3n) is 1.80. The van der Waals surface area contributed by atoms with Gasteiger partial charge in [0.15, 0.2) is 0 Å². The van der Waals surface area contributed by atoms with Gasteiger partial charge in [-0.2, -0.15) is 0 Å². The smallest absolute Gasteiger partial charge is 0.141 e. The minimum atomic E-state index is -0.291. The molecule has 1 unspecified atom stereocenters. The number of ether oxygens (including phenoxy) is 1. The topological polar surface area (TPSA) is 9.23 Å². The second-order valence-corrected chi connectivity index (χ2v) is 3.77. The van der Waals surface area contributed by atoms with E-state index in [-0.39, 0.29) is 11.9 Å². The van der Waals surface area contributed by atoms with Gasteiger partial charge in [-0.05, 0) is 41.4 Å². The lowest BCUT2D eigenvalue weighted by Gasteiger charge is -2.12. The molecule has 13 heavy (non-hydrogen) atoms. The van der Waals surface area contributed by atoms with Crippen molar-refractivity contribution >= 4 is 15.9 Å². The minimum Gasteiger partial charge on any atom is -0.491 e. The van der Waals surface area contributed by atoms with Crippen molar-refractivity contribution in [3.05, 3.63) is 28.5 Å². The van der Waals surface area contributed by atoms with Crippen molar-refractivity contribution in [1.29, 1.82) is 0 Å². The summed E-state index contributed by atoms with van der Waals surface area (Å²) in [7, 11) is 0. The van der Waals surface area contributed by atoms with Crippen LogP contribution in [0.15, 0.2) is 22.7 Å². The van der Waals surface area contributed by atoms with Crippen molar-refractivity contribution in [1.82, 2.24) is 0 Å². The van der Waals surface area contributed by atoms with Crippen LogP contribution in [0.5, 0.6) is 5.75 Å². The Bertz CT molecular complexity index is 288. The first-order chi connectivity index (χ1) is 6.13. The summed E-state index contributed by atoms with van der Waals surface area (Å²) in [4.78, 5) is 0. The highest BCUT2D eigenvalue weighted by molar-refractivity contribution is 9.10. The van der Waals surface area contributed by atoms with E-state index in [4.69, 9.17) is 4.74 Å². The fraction of sp³-hybridized carbons (Fsp3) is 0.400. The van der Waals surface area contributed by atoms with Crippen molar-refractivity contribution in [2.24, 2.45) is 0 Å². The summed E-state index contributed by atoms with van der Waals surface area (Å²) >= 11 is 3.08. The highest BCUT2D eigenvalue weighted by Gasteiger charge is 2.04. The molecule has 0 bridgehead atoms. The molecule has 3 heteroatoms. The zero-order valence-corrected chi connectivity index (χ0v) is 9.27. The van der Waals surface area contributed by atoms with Gasteiger partial charge >= 0.3 is 0 Å². The molecular weight excluding hydrogens is 235 g/mol. The average molecular weight is 247 g/mol. The van der Waals surface area contributed by atoms with Crippen LogP contribution in [0, 0.1) is 5.82 Å². The first kappa shape index (κ1) is 10.5. The molecule has 0 aliphatic heterocycles. The minimum absolute atomic E-state index is 0.126. The Morgan fingerprint density at radius 3 is 2.77 bits per heavy atom. The van der Waals surface area contributed by atoms with Gasteiger partial charge in [0.05, 0.1) is 10.6 Å². The molecule has 0 radical (unpaired) electrons. The van der Waals surface area contributed by atoms with E-state index < -0.39 is 0 Å². The van der Waals surface area contributed by atoms with E-state index in [1.165, 1.54) is 6.07 Å². The van der Waals surface area contributed by atoms with Crippen LogP contribution < -0.4 is 4.74 Å². The Kier molecular flexibility index (Phi) is 3.72. The molecule has 1 nitrogen and oxygen atoms in total. The highest BCUT2D eigenvalue weighted by Crippen LogP contribution is 2.21. The van der Waals surface area contributed by atoms with E-state index in [2.05, 4.69) is 15.9 Å². The molecule has 72 valence electrons. The Balaban J connectivity index is 2.73. The molecule has 0 aliphatic rings. The zero-order chi connectivity index (χ0) is 9.84. The van der Waals surface area contributed by atoms with Crippen LogP contribution in [0.2, 0.25) is 0 Å². The van der Waals surface area contributed by atoms with Gasteiger partial charge < -0.3 is 4.74 Å². The van der Waals surface area contributed by atoms with Gasteiger partial charge in [-0.25, -0.2) is 4.39 Å². The normalized spacial score (nSPS) is 12.6. The summed E-state index contributed by atoms with van der Waals surface area (Å²) in [5.74, 6) is 0.288. The fourth-order valence-electron chi connectivity index (χ4n) is 0.866. The zero-order valence-electron chi connectivity index (χ0n) is 7.68. The predicted molar refractivity (Wildman–Crippen MR) is 54.5 cm³/mol. The Labute approximate surface area is 86.0 Å². The molecule has 0 heterocycles. The van der Waals surface area contributed by atoms with Crippen LogP contribution in [0.25, 0.3) is 0 Å². The van der Waals surface area contributed by atoms with E-state index in [0.29, 0.717) is 10.2 Å². The van der Waals surface area contributed by atoms with Crippen LogP contribution in [-0.4, -0.2) is 6.10 Å². The number of hydrogen-bond donors (Lipinski definition) is 0. The molecule has 1 atom stereocenters. The van der Waals surface area contributed by atoms with Gasteiger partial charge in [-0.1, -0.05) is 6.92 Å². The summed E-state index contributed by atoms with van der Waals surface area (Å²) in [6.45, 7) is 3.99. The van der Waals surface area contributed by atoms with E-state index in [9.17, 15) is 4.39 Å². The van der Waals surface area contributed by atoms with Crippen molar-refractivity contribution < 1.29 is 9.13 Å². The molecule has 0 aliphatic carbocycles. The predicted octanol–water partition coefficient (Wildman–Crippen LogP) is 3.77. The lowest BCUT2D eigenvalue weighted by molar-refractivity contribution is 0.216. The molecular formula is C10H12BrFO. The van der Waals surface area contributed by atoms with Gasteiger partial charge in [0, 0.05) is 6.07 Å². The van der Waals surface area contributed by atoms with Gasteiger partial charge in [-0.15, -0.1) is 0 Å². The molecule has 0 spiro atoms. The maximum absolute atomic E-state index is 13.0. The van der Waals surface area contributed by atoms with Crippen LogP contribution >= 0.6 is 15.9 Å². The van der Waals surface area contributed by atoms with Crippen LogP contribution in [0.1, 0.15) is 20.3 Å². The maximum atomic E-state index is 13.0. The molecule has 0 N–H and O–H groups in total. The molecule has 0 aromatic heterocycles. The SMILES string of the molecule is CCC(C)Oc1ccc(Br)c(F)c1. The Morgan fingerprint density at radius 2 is 2.23 bits per heavy atom. The summed E-state index contributed by atoms with van der Waals surface area (Å²) in [6, 6.07) is 4.78. The standard InChI is InChI=1S/C10H12BrFO/c1-3-7(2)13-8-4-5-9(11)10(12)6-8/h4-7H,3H2,1-2H3. The van der Waals surface area contributed by atoms with Crippen molar-refractivity contribution in [3.63, 3.8) is 0 Å². The number of rotatable bonds is 3. The summed E-state index contributed by atoms with van der Waals surface area (Å²) in [5.41, 5.74) is 0. The largest absolute Gasteiger partial charge is 0.491 e. The van der Waals surface area contributed by atoms with Gasteiger partial charge in [-0.3, -0.25) is 0 Å². The van der Waals surface area contributed by atoms with Crippen LogP contribution in [0.4, 0.5) is 4.39 Å². The lowest BCUT2D eigenvalue weighted by Crippen LogP contribution is -2.09. The summed E-state index contributed by atoms with van der Waals surface area (Å²) in [5, 5.41) is 0. The average Bonchev–Trinajstić information content (AvgIpc) is 2.11. The van der Waals surface area contributed by atoms with Crippen molar-refractivity contribution in [3.8, 4) is 5.75 Å². The van der Waals surface area contributed by atoms with Crippen molar-refractivity contribution in [2.45, 2.75) is 26.4 Å². The molecule has 1 rings (SSSR count). The first-order valence-electron chi connectivity index (χ1n) is 4.25. The first-order valence-corrected chi connectivity index (χ1v) is 5.04.